The zero-order chi connectivity index (χ0) is 25.2. The number of allylic oxidation sites excluding steroid dienone is 2. The van der Waals surface area contributed by atoms with Gasteiger partial charge in [-0.15, -0.1) is 0 Å². The van der Waals surface area contributed by atoms with Crippen molar-refractivity contribution >= 4 is 23.9 Å². The van der Waals surface area contributed by atoms with Crippen molar-refractivity contribution in [1.82, 2.24) is 9.88 Å². The first-order chi connectivity index (χ1) is 16.9. The molecule has 3 N–H and O–H groups in total. The summed E-state index contributed by atoms with van der Waals surface area (Å²) in [7, 11) is 0. The number of nitrogens with zero attached hydrogens (tertiary/aromatic N) is 2. The first kappa shape index (κ1) is 26.0. The summed E-state index contributed by atoms with van der Waals surface area (Å²) in [5.41, 5.74) is 0.0163. The Hall–Kier alpha value is -3.57. The molecule has 0 atom stereocenters. The van der Waals surface area contributed by atoms with Crippen LogP contribution in [-0.2, 0) is 23.7 Å². The minimum atomic E-state index is -0.731. The lowest BCUT2D eigenvalue weighted by molar-refractivity contribution is -0.112. The number of amidine groups is 1. The Bertz CT molecular complexity index is 1040. The number of amides is 1. The number of carbonyl (C=O) groups excluding carboxylic acids is 1. The van der Waals surface area contributed by atoms with Crippen molar-refractivity contribution in [2.75, 3.05) is 45.0 Å². The molecule has 11 heteroatoms. The second kappa shape index (κ2) is 12.8. The number of hydrogen-bond donors (Lipinski definition) is 3. The van der Waals surface area contributed by atoms with E-state index in [1.165, 1.54) is 23.1 Å². The van der Waals surface area contributed by atoms with Gasteiger partial charge in [-0.2, -0.15) is 0 Å². The number of hydrogen-bond acceptors (Lipinski definition) is 8. The molecule has 0 saturated heterocycles. The van der Waals surface area contributed by atoms with Crippen LogP contribution in [0, 0.1) is 10.8 Å². The van der Waals surface area contributed by atoms with Gasteiger partial charge >= 0.3 is 0 Å². The van der Waals surface area contributed by atoms with Crippen molar-refractivity contribution in [1.29, 1.82) is 10.8 Å². The summed E-state index contributed by atoms with van der Waals surface area (Å²) in [4.78, 5) is 18.7. The van der Waals surface area contributed by atoms with Crippen LogP contribution in [-0.4, -0.2) is 73.6 Å². The molecule has 35 heavy (non-hydrogen) atoms. The number of nitrogens with one attached hydrogen (secondary N) is 3. The van der Waals surface area contributed by atoms with Crippen LogP contribution in [0.5, 0.6) is 0 Å². The van der Waals surface area contributed by atoms with Crippen LogP contribution in [0.1, 0.15) is 26.0 Å². The standard InChI is InChI=1S/C24H30FN5O5/c1-16(2)30(15-26)23(27)19-4-3-5-22(28-19)29-24(31)17-14-21-20(7-6-18(17)25)34-12-10-32-8-9-33-11-13-35-21/h3-6,14-16,26-27H,7-13H2,1-2H3,(H,28,29,31). The highest BCUT2D eigenvalue weighted by Gasteiger charge is 2.23. The molecule has 0 aromatic carbocycles. The smallest absolute Gasteiger partial charge is 0.259 e. The minimum Gasteiger partial charge on any atom is -0.491 e. The van der Waals surface area contributed by atoms with Crippen molar-refractivity contribution < 1.29 is 28.1 Å². The van der Waals surface area contributed by atoms with Gasteiger partial charge in [-0.05, 0) is 38.1 Å². The van der Waals surface area contributed by atoms with Crippen molar-refractivity contribution in [2.24, 2.45) is 0 Å². The summed E-state index contributed by atoms with van der Waals surface area (Å²) in [5, 5.41) is 18.4. The van der Waals surface area contributed by atoms with Gasteiger partial charge in [0.25, 0.3) is 5.91 Å². The first-order valence-electron chi connectivity index (χ1n) is 11.3. The van der Waals surface area contributed by atoms with Gasteiger partial charge in [-0.25, -0.2) is 9.37 Å². The van der Waals surface area contributed by atoms with Crippen molar-refractivity contribution in [3.8, 4) is 0 Å². The molecule has 0 bridgehead atoms. The third kappa shape index (κ3) is 7.20. The van der Waals surface area contributed by atoms with Crippen LogP contribution in [0.3, 0.4) is 0 Å². The Balaban J connectivity index is 1.81. The molecule has 2 heterocycles. The van der Waals surface area contributed by atoms with Crippen LogP contribution < -0.4 is 5.32 Å². The van der Waals surface area contributed by atoms with Gasteiger partial charge in [-0.3, -0.25) is 15.6 Å². The number of carbonyl (C=O) groups is 1. The predicted octanol–water partition coefficient (Wildman–Crippen LogP) is 3.14. The van der Waals surface area contributed by atoms with Crippen LogP contribution in [0.25, 0.3) is 0 Å². The summed E-state index contributed by atoms with van der Waals surface area (Å²) >= 11 is 0. The minimum absolute atomic E-state index is 0.00521. The number of ether oxygens (including phenoxy) is 4. The zero-order valence-electron chi connectivity index (χ0n) is 19.8. The van der Waals surface area contributed by atoms with Crippen LogP contribution >= 0.6 is 0 Å². The predicted molar refractivity (Wildman–Crippen MR) is 128 cm³/mol. The average Bonchev–Trinajstić information content (AvgIpc) is 2.98. The topological polar surface area (TPSA) is 130 Å². The van der Waals surface area contributed by atoms with Crippen molar-refractivity contribution in [3.63, 3.8) is 0 Å². The molecule has 0 radical (unpaired) electrons. The van der Waals surface area contributed by atoms with Gasteiger partial charge in [0.1, 0.15) is 36.3 Å². The first-order valence-corrected chi connectivity index (χ1v) is 11.3. The monoisotopic (exact) mass is 487 g/mol. The lowest BCUT2D eigenvalue weighted by atomic mass is 10.2. The molecule has 3 rings (SSSR count). The molecule has 1 aromatic heterocycles. The molecule has 0 unspecified atom stereocenters. The third-order valence-corrected chi connectivity index (χ3v) is 5.07. The molecule has 1 aliphatic heterocycles. The van der Waals surface area contributed by atoms with E-state index in [1.807, 2.05) is 13.8 Å². The summed E-state index contributed by atoms with van der Waals surface area (Å²) < 4.78 is 37.2. The second-order valence-electron chi connectivity index (χ2n) is 7.86. The Labute approximate surface area is 203 Å². The van der Waals surface area contributed by atoms with Crippen molar-refractivity contribution in [2.45, 2.75) is 26.3 Å². The number of rotatable bonds is 5. The van der Waals surface area contributed by atoms with Crippen LogP contribution in [0.4, 0.5) is 10.2 Å². The van der Waals surface area contributed by atoms with Gasteiger partial charge in [0.05, 0.1) is 38.3 Å². The Morgan fingerprint density at radius 1 is 1.14 bits per heavy atom. The maximum Gasteiger partial charge on any atom is 0.259 e. The summed E-state index contributed by atoms with van der Waals surface area (Å²) in [6, 6.07) is 4.63. The van der Waals surface area contributed by atoms with E-state index in [-0.39, 0.29) is 54.4 Å². The fraction of sp³-hybridized carbons (Fsp3) is 0.417. The van der Waals surface area contributed by atoms with E-state index >= 15 is 0 Å². The Morgan fingerprint density at radius 2 is 1.83 bits per heavy atom. The van der Waals surface area contributed by atoms with E-state index in [2.05, 4.69) is 10.3 Å². The van der Waals surface area contributed by atoms with Crippen LogP contribution in [0.2, 0.25) is 0 Å². The highest BCUT2D eigenvalue weighted by molar-refractivity contribution is 6.07. The number of aromatic nitrogens is 1. The summed E-state index contributed by atoms with van der Waals surface area (Å²) in [6.45, 7) is 5.64. The summed E-state index contributed by atoms with van der Waals surface area (Å²) in [6.07, 6.45) is 3.71. The largest absolute Gasteiger partial charge is 0.491 e. The molecule has 188 valence electrons. The van der Waals surface area contributed by atoms with Gasteiger partial charge < -0.3 is 29.2 Å². The molecule has 1 amide bonds. The fourth-order valence-corrected chi connectivity index (χ4v) is 3.28. The molecular weight excluding hydrogens is 457 g/mol. The zero-order valence-corrected chi connectivity index (χ0v) is 19.8. The maximum absolute atomic E-state index is 14.9. The highest BCUT2D eigenvalue weighted by atomic mass is 19.1. The number of anilines is 1. The molecule has 0 spiro atoms. The SMILES string of the molecule is CC(C)N(C=N)C(=N)c1cccc(NC(=O)C2=CC3=C(CC=C2F)OCCOCCOCCO3)n1. The van der Waals surface area contributed by atoms with E-state index in [1.54, 1.807) is 12.1 Å². The van der Waals surface area contributed by atoms with E-state index in [0.717, 1.165) is 6.34 Å². The Kier molecular flexibility index (Phi) is 9.50. The normalized spacial score (nSPS) is 17.3. The fourth-order valence-electron chi connectivity index (χ4n) is 3.28. The van der Waals surface area contributed by atoms with Gasteiger partial charge in [0.2, 0.25) is 0 Å². The highest BCUT2D eigenvalue weighted by Crippen LogP contribution is 2.26. The second-order valence-corrected chi connectivity index (χ2v) is 7.86. The van der Waals surface area contributed by atoms with Crippen LogP contribution in [0.15, 0.2) is 53.3 Å². The molecule has 1 aromatic rings. The molecule has 0 fully saturated rings. The third-order valence-electron chi connectivity index (χ3n) is 5.07. The molecule has 0 saturated carbocycles. The molecule has 10 nitrogen and oxygen atoms in total. The van der Waals surface area contributed by atoms with Gasteiger partial charge in [0, 0.05) is 12.5 Å². The quantitative estimate of drug-likeness (QED) is 0.430. The van der Waals surface area contributed by atoms with E-state index in [4.69, 9.17) is 29.8 Å². The lowest BCUT2D eigenvalue weighted by Gasteiger charge is -2.23. The molecule has 1 aliphatic carbocycles. The van der Waals surface area contributed by atoms with E-state index in [9.17, 15) is 9.18 Å². The lowest BCUT2D eigenvalue weighted by Crippen LogP contribution is -2.36. The number of halogens is 1. The Morgan fingerprint density at radius 3 is 2.51 bits per heavy atom. The maximum atomic E-state index is 14.9. The molecule has 2 aliphatic rings. The van der Waals surface area contributed by atoms with Crippen molar-refractivity contribution in [3.05, 3.63) is 59.0 Å². The number of pyridine rings is 1. The molecular formula is C24H30FN5O5. The summed E-state index contributed by atoms with van der Waals surface area (Å²) in [5.74, 6) is -0.681. The van der Waals surface area contributed by atoms with Gasteiger partial charge in [0.15, 0.2) is 11.6 Å². The van der Waals surface area contributed by atoms with Gasteiger partial charge in [-0.1, -0.05) is 6.07 Å². The van der Waals surface area contributed by atoms with E-state index in [0.29, 0.717) is 32.2 Å². The average molecular weight is 488 g/mol. The van der Waals surface area contributed by atoms with E-state index < -0.39 is 11.7 Å².